The van der Waals surface area contributed by atoms with Crippen LogP contribution in [0.3, 0.4) is 0 Å². The predicted molar refractivity (Wildman–Crippen MR) is 142 cm³/mol. The minimum absolute atomic E-state index is 0.0978. The summed E-state index contributed by atoms with van der Waals surface area (Å²) in [5.74, 6) is -0.226. The summed E-state index contributed by atoms with van der Waals surface area (Å²) in [4.78, 5) is 13.8. The third-order valence-electron chi connectivity index (χ3n) is 8.10. The van der Waals surface area contributed by atoms with E-state index in [4.69, 9.17) is 9.47 Å². The summed E-state index contributed by atoms with van der Waals surface area (Å²) >= 11 is 3.43. The zero-order valence-electron chi connectivity index (χ0n) is 22.6. The fourth-order valence-electron chi connectivity index (χ4n) is 5.42. The molecule has 2 fully saturated rings. The van der Waals surface area contributed by atoms with Crippen molar-refractivity contribution in [3.63, 3.8) is 0 Å². The van der Waals surface area contributed by atoms with Crippen molar-refractivity contribution in [2.45, 2.75) is 64.1 Å². The van der Waals surface area contributed by atoms with Gasteiger partial charge in [-0.05, 0) is 104 Å². The number of halogens is 7. The van der Waals surface area contributed by atoms with Crippen LogP contribution in [-0.2, 0) is 21.9 Å². The van der Waals surface area contributed by atoms with Gasteiger partial charge in [-0.2, -0.15) is 26.3 Å². The minimum atomic E-state index is -4.96. The van der Waals surface area contributed by atoms with Crippen LogP contribution in [0.25, 0.3) is 0 Å². The maximum absolute atomic E-state index is 13.4. The molecule has 0 spiro atoms. The Morgan fingerprint density at radius 3 is 2.29 bits per heavy atom. The smallest absolute Gasteiger partial charge is 0.416 e. The molecule has 41 heavy (non-hydrogen) atoms. The summed E-state index contributed by atoms with van der Waals surface area (Å²) in [5.41, 5.74) is -3.12. The highest BCUT2D eigenvalue weighted by atomic mass is 79.9. The highest BCUT2D eigenvalue weighted by molar-refractivity contribution is 9.10. The Kier molecular flexibility index (Phi) is 9.35. The molecular weight excluding hydrogens is 620 g/mol. The Bertz CT molecular complexity index is 1210. The van der Waals surface area contributed by atoms with E-state index in [0.717, 1.165) is 13.0 Å². The van der Waals surface area contributed by atoms with Gasteiger partial charge in [0.15, 0.2) is 0 Å². The first-order chi connectivity index (χ1) is 19.1. The summed E-state index contributed by atoms with van der Waals surface area (Å²) in [6, 6.07) is 6.70. The summed E-state index contributed by atoms with van der Waals surface area (Å²) in [5, 5.41) is 9.50. The highest BCUT2D eigenvalue weighted by Gasteiger charge is 2.39. The van der Waals surface area contributed by atoms with Crippen molar-refractivity contribution in [1.82, 2.24) is 4.90 Å². The van der Waals surface area contributed by atoms with E-state index in [1.165, 1.54) is 6.92 Å². The second-order valence-electron chi connectivity index (χ2n) is 11.2. The largest absolute Gasteiger partial charge is 0.484 e. The molecule has 1 N–H and O–H groups in total. The Morgan fingerprint density at radius 2 is 1.73 bits per heavy atom. The van der Waals surface area contributed by atoms with Crippen LogP contribution in [0.4, 0.5) is 26.3 Å². The number of hydrogen-bond donors (Lipinski definition) is 1. The average Bonchev–Trinajstić information content (AvgIpc) is 2.90. The van der Waals surface area contributed by atoms with Gasteiger partial charge in [-0.25, -0.2) is 0 Å². The van der Waals surface area contributed by atoms with Gasteiger partial charge in [0, 0.05) is 18.7 Å². The lowest BCUT2D eigenvalue weighted by atomic mass is 9.80. The SMILES string of the molecule is CC(Oc1c(Br)cccc1C1CC(CN2CCC(C)(C(=O)O)CC2)CCO1)c1cc(C(F)(F)F)cc(C(F)(F)F)c1. The minimum Gasteiger partial charge on any atom is -0.484 e. The van der Waals surface area contributed by atoms with Gasteiger partial charge in [-0.3, -0.25) is 4.79 Å². The van der Waals surface area contributed by atoms with Gasteiger partial charge in [0.05, 0.1) is 27.1 Å². The van der Waals surface area contributed by atoms with Crippen LogP contribution in [0, 0.1) is 11.3 Å². The van der Waals surface area contributed by atoms with E-state index in [1.54, 1.807) is 25.1 Å². The number of benzene rings is 2. The van der Waals surface area contributed by atoms with E-state index in [0.29, 0.717) is 66.9 Å². The third-order valence-corrected chi connectivity index (χ3v) is 8.73. The molecule has 2 aromatic carbocycles. The molecule has 226 valence electrons. The highest BCUT2D eigenvalue weighted by Crippen LogP contribution is 2.43. The van der Waals surface area contributed by atoms with E-state index >= 15 is 0 Å². The number of carbonyl (C=O) groups is 1. The fourth-order valence-corrected chi connectivity index (χ4v) is 5.89. The van der Waals surface area contributed by atoms with Gasteiger partial charge in [0.1, 0.15) is 11.9 Å². The second kappa shape index (κ2) is 12.1. The Labute approximate surface area is 242 Å². The molecule has 4 rings (SSSR count). The second-order valence-corrected chi connectivity index (χ2v) is 12.0. The van der Waals surface area contributed by atoms with Crippen molar-refractivity contribution in [3.8, 4) is 5.75 Å². The first-order valence-corrected chi connectivity index (χ1v) is 14.2. The molecule has 0 radical (unpaired) electrons. The van der Waals surface area contributed by atoms with Gasteiger partial charge in [-0.15, -0.1) is 0 Å². The third kappa shape index (κ3) is 7.56. The normalized spacial score (nSPS) is 22.8. The van der Waals surface area contributed by atoms with Crippen LogP contribution < -0.4 is 4.74 Å². The molecule has 2 aliphatic rings. The number of likely N-dealkylation sites (tertiary alicyclic amines) is 1. The summed E-state index contributed by atoms with van der Waals surface area (Å²) in [6.07, 6.45) is -8.85. The van der Waals surface area contributed by atoms with Crippen molar-refractivity contribution >= 4 is 21.9 Å². The molecule has 5 nitrogen and oxygen atoms in total. The molecule has 0 aromatic heterocycles. The topological polar surface area (TPSA) is 59.0 Å². The number of hydrogen-bond acceptors (Lipinski definition) is 4. The molecule has 3 atom stereocenters. The maximum atomic E-state index is 13.4. The van der Waals surface area contributed by atoms with Crippen LogP contribution in [0.1, 0.15) is 74.0 Å². The lowest BCUT2D eigenvalue weighted by Gasteiger charge is -2.39. The number of carboxylic acids is 1. The van der Waals surface area contributed by atoms with E-state index in [2.05, 4.69) is 20.8 Å². The number of piperidine rings is 1. The number of para-hydroxylation sites is 1. The van der Waals surface area contributed by atoms with Crippen LogP contribution in [0.5, 0.6) is 5.75 Å². The quantitative estimate of drug-likeness (QED) is 0.305. The molecule has 0 bridgehead atoms. The van der Waals surface area contributed by atoms with Crippen LogP contribution in [0.2, 0.25) is 0 Å². The summed E-state index contributed by atoms with van der Waals surface area (Å²) in [6.45, 7) is 5.80. The fraction of sp³-hybridized carbons (Fsp3) is 0.552. The van der Waals surface area contributed by atoms with E-state index in [-0.39, 0.29) is 17.5 Å². The van der Waals surface area contributed by atoms with Crippen molar-refractivity contribution in [2.24, 2.45) is 11.3 Å². The number of aliphatic carboxylic acids is 1. The monoisotopic (exact) mass is 651 g/mol. The van der Waals surface area contributed by atoms with Crippen LogP contribution in [-0.4, -0.2) is 42.2 Å². The number of nitrogens with zero attached hydrogens (tertiary/aromatic N) is 1. The summed E-state index contributed by atoms with van der Waals surface area (Å²) in [7, 11) is 0. The van der Waals surface area contributed by atoms with Crippen molar-refractivity contribution < 1.29 is 45.7 Å². The molecule has 2 saturated heterocycles. The number of rotatable bonds is 7. The molecule has 0 amide bonds. The predicted octanol–water partition coefficient (Wildman–Crippen LogP) is 8.28. The zero-order chi connectivity index (χ0) is 30.2. The lowest BCUT2D eigenvalue weighted by Crippen LogP contribution is -2.44. The molecule has 12 heteroatoms. The Balaban J connectivity index is 1.52. The maximum Gasteiger partial charge on any atom is 0.416 e. The van der Waals surface area contributed by atoms with Crippen LogP contribution >= 0.6 is 15.9 Å². The van der Waals surface area contributed by atoms with Crippen molar-refractivity contribution in [2.75, 3.05) is 26.2 Å². The first-order valence-electron chi connectivity index (χ1n) is 13.4. The number of carboxylic acid groups (broad SMARTS) is 1. The van der Waals surface area contributed by atoms with Gasteiger partial charge >= 0.3 is 18.3 Å². The summed E-state index contributed by atoms with van der Waals surface area (Å²) < 4.78 is 93.1. The lowest BCUT2D eigenvalue weighted by molar-refractivity contribution is -0.151. The molecule has 0 saturated carbocycles. The van der Waals surface area contributed by atoms with Gasteiger partial charge in [0.2, 0.25) is 0 Å². The molecule has 2 aliphatic heterocycles. The molecule has 3 unspecified atom stereocenters. The van der Waals surface area contributed by atoms with Crippen LogP contribution in [0.15, 0.2) is 40.9 Å². The van der Waals surface area contributed by atoms with Crippen molar-refractivity contribution in [3.05, 3.63) is 63.1 Å². The average molecular weight is 652 g/mol. The zero-order valence-corrected chi connectivity index (χ0v) is 24.2. The Morgan fingerprint density at radius 1 is 1.12 bits per heavy atom. The molecule has 2 aromatic rings. The molecular formula is C29H32BrF6NO4. The van der Waals surface area contributed by atoms with Gasteiger partial charge in [0.25, 0.3) is 0 Å². The van der Waals surface area contributed by atoms with Gasteiger partial charge < -0.3 is 19.5 Å². The van der Waals surface area contributed by atoms with E-state index in [9.17, 15) is 36.2 Å². The van der Waals surface area contributed by atoms with Crippen molar-refractivity contribution in [1.29, 1.82) is 0 Å². The standard InChI is InChI=1S/C29H32BrF6NO4/c1-17(19-13-20(28(31,32)33)15-21(14-19)29(34,35)36)41-25-22(4-3-5-23(25)30)24-12-18(6-11-40-24)16-37-9-7-27(2,8-10-37)26(38)39/h3-5,13-15,17-18,24H,6-12,16H2,1-2H3,(H,38,39). The van der Waals surface area contributed by atoms with E-state index in [1.807, 2.05) is 0 Å². The number of ether oxygens (including phenoxy) is 2. The number of alkyl halides is 6. The first kappa shape index (κ1) is 31.6. The van der Waals surface area contributed by atoms with Gasteiger partial charge in [-0.1, -0.05) is 12.1 Å². The Hall–Kier alpha value is -2.31. The molecule has 0 aliphatic carbocycles. The van der Waals surface area contributed by atoms with E-state index < -0.39 is 47.1 Å². The molecule has 2 heterocycles.